The Kier molecular flexibility index (Phi) is 5.09. The van der Waals surface area contributed by atoms with Gasteiger partial charge in [0.25, 0.3) is 5.91 Å². The van der Waals surface area contributed by atoms with Crippen LogP contribution in [0.5, 0.6) is 0 Å². The fourth-order valence-corrected chi connectivity index (χ4v) is 3.06. The number of thiophene rings is 2. The zero-order chi connectivity index (χ0) is 14.4. The van der Waals surface area contributed by atoms with E-state index in [2.05, 4.69) is 5.32 Å². The van der Waals surface area contributed by atoms with Crippen molar-refractivity contribution in [2.24, 2.45) is 0 Å². The first-order valence-corrected chi connectivity index (χ1v) is 7.71. The maximum Gasteiger partial charge on any atom is 0.328 e. The van der Waals surface area contributed by atoms with E-state index in [1.165, 1.54) is 22.3 Å². The molecule has 0 spiro atoms. The molecule has 0 saturated heterocycles. The van der Waals surface area contributed by atoms with Crippen molar-refractivity contribution in [3.8, 4) is 0 Å². The van der Waals surface area contributed by atoms with Gasteiger partial charge in [-0.1, -0.05) is 6.07 Å². The molecule has 2 aromatic heterocycles. The highest BCUT2D eigenvalue weighted by atomic mass is 32.1. The molecule has 20 heavy (non-hydrogen) atoms. The Hall–Kier alpha value is -1.92. The quantitative estimate of drug-likeness (QED) is 0.806. The van der Waals surface area contributed by atoms with E-state index in [1.807, 2.05) is 17.5 Å². The van der Waals surface area contributed by atoms with Gasteiger partial charge in [-0.15, -0.1) is 22.7 Å². The standard InChI is InChI=1S/C14H13NO3S2/c16-13(17)4-3-12-8-10(9-20-12)14(18)15-6-5-11-2-1-7-19-11/h1-4,7-9H,5-6H2,(H,15,18)(H,16,17). The summed E-state index contributed by atoms with van der Waals surface area (Å²) in [5.41, 5.74) is 0.561. The van der Waals surface area contributed by atoms with Gasteiger partial charge in [0.1, 0.15) is 0 Å². The van der Waals surface area contributed by atoms with Gasteiger partial charge in [-0.05, 0) is 30.0 Å². The first kappa shape index (κ1) is 14.5. The lowest BCUT2D eigenvalue weighted by molar-refractivity contribution is -0.131. The highest BCUT2D eigenvalue weighted by molar-refractivity contribution is 7.11. The number of carbonyl (C=O) groups is 2. The normalized spacial score (nSPS) is 10.8. The number of nitrogens with one attached hydrogen (secondary N) is 1. The summed E-state index contributed by atoms with van der Waals surface area (Å²) in [5, 5.41) is 15.1. The molecular formula is C14H13NO3S2. The van der Waals surface area contributed by atoms with E-state index in [0.29, 0.717) is 12.1 Å². The number of carboxylic acid groups (broad SMARTS) is 1. The van der Waals surface area contributed by atoms with Crippen molar-refractivity contribution < 1.29 is 14.7 Å². The molecule has 0 saturated carbocycles. The molecule has 0 aliphatic heterocycles. The molecule has 2 N–H and O–H groups in total. The number of rotatable bonds is 6. The minimum atomic E-state index is -1.000. The van der Waals surface area contributed by atoms with E-state index in [4.69, 9.17) is 5.11 Å². The molecule has 4 nitrogen and oxygen atoms in total. The largest absolute Gasteiger partial charge is 0.478 e. The van der Waals surface area contributed by atoms with Crippen LogP contribution < -0.4 is 5.32 Å². The average molecular weight is 307 g/mol. The molecule has 2 heterocycles. The van der Waals surface area contributed by atoms with Gasteiger partial charge in [0.2, 0.25) is 0 Å². The van der Waals surface area contributed by atoms with Crippen molar-refractivity contribution in [2.45, 2.75) is 6.42 Å². The third-order valence-electron chi connectivity index (χ3n) is 2.51. The number of carboxylic acids is 1. The first-order chi connectivity index (χ1) is 9.65. The van der Waals surface area contributed by atoms with Crippen LogP contribution in [0.25, 0.3) is 6.08 Å². The van der Waals surface area contributed by atoms with Crippen molar-refractivity contribution in [3.63, 3.8) is 0 Å². The van der Waals surface area contributed by atoms with Crippen LogP contribution in [0.1, 0.15) is 20.1 Å². The predicted octanol–water partition coefficient (Wildman–Crippen LogP) is 2.88. The second-order valence-corrected chi connectivity index (χ2v) is 5.97. The second-order valence-electron chi connectivity index (χ2n) is 3.99. The summed E-state index contributed by atoms with van der Waals surface area (Å²) in [6.45, 7) is 0.593. The molecule has 0 unspecified atom stereocenters. The van der Waals surface area contributed by atoms with Crippen molar-refractivity contribution in [3.05, 3.63) is 50.4 Å². The molecular weight excluding hydrogens is 294 g/mol. The molecule has 0 aromatic carbocycles. The Morgan fingerprint density at radius 3 is 2.90 bits per heavy atom. The van der Waals surface area contributed by atoms with Crippen molar-refractivity contribution in [1.82, 2.24) is 5.32 Å². The van der Waals surface area contributed by atoms with Gasteiger partial charge >= 0.3 is 5.97 Å². The van der Waals surface area contributed by atoms with E-state index in [1.54, 1.807) is 22.8 Å². The van der Waals surface area contributed by atoms with Crippen molar-refractivity contribution >= 4 is 40.6 Å². The molecule has 0 bridgehead atoms. The molecule has 104 valence electrons. The Morgan fingerprint density at radius 1 is 1.35 bits per heavy atom. The van der Waals surface area contributed by atoms with Crippen LogP contribution in [0.2, 0.25) is 0 Å². The summed E-state index contributed by atoms with van der Waals surface area (Å²) in [6.07, 6.45) is 3.36. The minimum absolute atomic E-state index is 0.132. The molecule has 6 heteroatoms. The van der Waals surface area contributed by atoms with Crippen LogP contribution >= 0.6 is 22.7 Å². The molecule has 1 amide bonds. The van der Waals surface area contributed by atoms with Crippen LogP contribution in [0, 0.1) is 0 Å². The number of carbonyl (C=O) groups excluding carboxylic acids is 1. The lowest BCUT2D eigenvalue weighted by Crippen LogP contribution is -2.24. The smallest absolute Gasteiger partial charge is 0.328 e. The summed E-state index contributed by atoms with van der Waals surface area (Å²) >= 11 is 3.01. The van der Waals surface area contributed by atoms with Gasteiger partial charge in [-0.2, -0.15) is 0 Å². The van der Waals surface area contributed by atoms with Crippen LogP contribution in [0.3, 0.4) is 0 Å². The highest BCUT2D eigenvalue weighted by Crippen LogP contribution is 2.16. The number of amides is 1. The van der Waals surface area contributed by atoms with Gasteiger partial charge in [0.15, 0.2) is 0 Å². The maximum atomic E-state index is 11.9. The number of aliphatic carboxylic acids is 1. The van der Waals surface area contributed by atoms with Crippen LogP contribution in [0.4, 0.5) is 0 Å². The Labute approximate surface area is 124 Å². The van der Waals surface area contributed by atoms with Crippen LogP contribution in [-0.2, 0) is 11.2 Å². The first-order valence-electron chi connectivity index (χ1n) is 5.95. The van der Waals surface area contributed by atoms with Gasteiger partial charge in [0, 0.05) is 27.8 Å². The summed E-state index contributed by atoms with van der Waals surface area (Å²) in [5.74, 6) is -1.13. The summed E-state index contributed by atoms with van der Waals surface area (Å²) in [6, 6.07) is 5.71. The predicted molar refractivity (Wildman–Crippen MR) is 81.3 cm³/mol. The second kappa shape index (κ2) is 7.02. The molecule has 0 aliphatic carbocycles. The van der Waals surface area contributed by atoms with Gasteiger partial charge < -0.3 is 10.4 Å². The lowest BCUT2D eigenvalue weighted by Gasteiger charge is -2.01. The summed E-state index contributed by atoms with van der Waals surface area (Å²) in [7, 11) is 0. The van der Waals surface area contributed by atoms with Crippen LogP contribution in [-0.4, -0.2) is 23.5 Å². The fraction of sp³-hybridized carbons (Fsp3) is 0.143. The Bertz CT molecular complexity index is 614. The zero-order valence-corrected chi connectivity index (χ0v) is 12.2. The Balaban J connectivity index is 1.84. The van der Waals surface area contributed by atoms with Gasteiger partial charge in [0.05, 0.1) is 5.56 Å². The third-order valence-corrected chi connectivity index (χ3v) is 4.34. The molecule has 2 aromatic rings. The van der Waals surface area contributed by atoms with Crippen molar-refractivity contribution in [2.75, 3.05) is 6.54 Å². The summed E-state index contributed by atoms with van der Waals surface area (Å²) in [4.78, 5) is 24.3. The van der Waals surface area contributed by atoms with Crippen LogP contribution in [0.15, 0.2) is 35.0 Å². The van der Waals surface area contributed by atoms with E-state index in [-0.39, 0.29) is 5.91 Å². The molecule has 0 atom stereocenters. The Morgan fingerprint density at radius 2 is 2.20 bits per heavy atom. The third kappa shape index (κ3) is 4.32. The molecule has 2 rings (SSSR count). The lowest BCUT2D eigenvalue weighted by atomic mass is 10.2. The maximum absolute atomic E-state index is 11.9. The van der Waals surface area contributed by atoms with E-state index in [0.717, 1.165) is 17.4 Å². The SMILES string of the molecule is O=C(O)C=Cc1cc(C(=O)NCCc2cccs2)cs1. The number of hydrogen-bond acceptors (Lipinski definition) is 4. The minimum Gasteiger partial charge on any atom is -0.478 e. The van der Waals surface area contributed by atoms with Gasteiger partial charge in [-0.25, -0.2) is 4.79 Å². The molecule has 0 aliphatic rings. The van der Waals surface area contributed by atoms with E-state index in [9.17, 15) is 9.59 Å². The van der Waals surface area contributed by atoms with Crippen molar-refractivity contribution in [1.29, 1.82) is 0 Å². The van der Waals surface area contributed by atoms with E-state index >= 15 is 0 Å². The molecule has 0 fully saturated rings. The summed E-state index contributed by atoms with van der Waals surface area (Å²) < 4.78 is 0. The topological polar surface area (TPSA) is 66.4 Å². The van der Waals surface area contributed by atoms with Gasteiger partial charge in [-0.3, -0.25) is 4.79 Å². The number of hydrogen-bond donors (Lipinski definition) is 2. The highest BCUT2D eigenvalue weighted by Gasteiger charge is 2.07. The molecule has 0 radical (unpaired) electrons. The van der Waals surface area contributed by atoms with E-state index < -0.39 is 5.97 Å². The monoisotopic (exact) mass is 307 g/mol. The zero-order valence-electron chi connectivity index (χ0n) is 10.5. The fourth-order valence-electron chi connectivity index (χ4n) is 1.57. The average Bonchev–Trinajstić information content (AvgIpc) is 3.07.